The quantitative estimate of drug-likeness (QED) is 0.839. The molecule has 0 spiro atoms. The van der Waals surface area contributed by atoms with Crippen LogP contribution in [0.15, 0.2) is 18.2 Å². The minimum atomic E-state index is -3.36. The number of sulfonamides is 1. The van der Waals surface area contributed by atoms with Gasteiger partial charge in [-0.2, -0.15) is 4.31 Å². The number of benzene rings is 1. The molecule has 1 aromatic carbocycles. The number of hydrogen-bond acceptors (Lipinski definition) is 3. The average Bonchev–Trinajstić information content (AvgIpc) is 2.25. The van der Waals surface area contributed by atoms with Gasteiger partial charge in [0.2, 0.25) is 10.0 Å². The molecule has 2 rings (SSSR count). The highest BCUT2D eigenvalue weighted by molar-refractivity contribution is 7.88. The summed E-state index contributed by atoms with van der Waals surface area (Å²) >= 11 is 12.0. The molecule has 0 aliphatic carbocycles. The average molecular weight is 296 g/mol. The molecule has 0 amide bonds. The first-order valence-corrected chi connectivity index (χ1v) is 7.36. The van der Waals surface area contributed by atoms with E-state index < -0.39 is 10.0 Å². The fourth-order valence-electron chi connectivity index (χ4n) is 1.58. The van der Waals surface area contributed by atoms with Crippen LogP contribution < -0.4 is 0 Å². The third-order valence-corrected chi connectivity index (χ3v) is 4.78. The monoisotopic (exact) mass is 295 g/mol. The van der Waals surface area contributed by atoms with Crippen molar-refractivity contribution in [1.82, 2.24) is 4.31 Å². The minimum absolute atomic E-state index is 0.185. The van der Waals surface area contributed by atoms with Gasteiger partial charge in [-0.1, -0.05) is 29.3 Å². The van der Waals surface area contributed by atoms with Gasteiger partial charge < -0.3 is 4.74 Å². The molecule has 0 N–H and O–H groups in total. The highest BCUT2D eigenvalue weighted by Gasteiger charge is 2.27. The van der Waals surface area contributed by atoms with Crippen molar-refractivity contribution in [2.75, 3.05) is 19.1 Å². The zero-order valence-corrected chi connectivity index (χ0v) is 11.2. The fraction of sp³-hybridized carbons (Fsp3) is 0.400. The second kappa shape index (κ2) is 5.12. The molecule has 1 aromatic rings. The molecule has 1 aliphatic heterocycles. The van der Waals surface area contributed by atoms with E-state index in [0.717, 1.165) is 0 Å². The summed E-state index contributed by atoms with van der Waals surface area (Å²) in [5.41, 5.74) is 0.626. The van der Waals surface area contributed by atoms with E-state index in [2.05, 4.69) is 0 Å². The zero-order valence-electron chi connectivity index (χ0n) is 8.90. The summed E-state index contributed by atoms with van der Waals surface area (Å²) in [6.07, 6.45) is 0. The lowest BCUT2D eigenvalue weighted by molar-refractivity contribution is 0.130. The van der Waals surface area contributed by atoms with Crippen molar-refractivity contribution in [2.24, 2.45) is 0 Å². The Labute approximate surface area is 110 Å². The van der Waals surface area contributed by atoms with Crippen LogP contribution in [0.3, 0.4) is 0 Å². The summed E-state index contributed by atoms with van der Waals surface area (Å²) in [5.74, 6) is -0.283. The largest absolute Gasteiger partial charge is 0.363 e. The Bertz CT molecular complexity index is 498. The molecule has 0 unspecified atom stereocenters. The summed E-state index contributed by atoms with van der Waals surface area (Å²) in [7, 11) is -3.36. The van der Waals surface area contributed by atoms with Gasteiger partial charge in [0, 0.05) is 28.7 Å². The van der Waals surface area contributed by atoms with Crippen LogP contribution in [0.25, 0.3) is 0 Å². The molecule has 0 atom stereocenters. The van der Waals surface area contributed by atoms with Crippen LogP contribution >= 0.6 is 23.2 Å². The summed E-state index contributed by atoms with van der Waals surface area (Å²) < 4.78 is 29.7. The first-order valence-electron chi connectivity index (χ1n) is 4.99. The van der Waals surface area contributed by atoms with Gasteiger partial charge in [0.25, 0.3) is 0 Å². The summed E-state index contributed by atoms with van der Waals surface area (Å²) in [5, 5.41) is 0.943. The van der Waals surface area contributed by atoms with E-state index in [0.29, 0.717) is 28.8 Å². The van der Waals surface area contributed by atoms with E-state index in [4.69, 9.17) is 27.9 Å². The Kier molecular flexibility index (Phi) is 3.95. The maximum Gasteiger partial charge on any atom is 0.238 e. The van der Waals surface area contributed by atoms with E-state index in [1.807, 2.05) is 0 Å². The molecule has 0 aromatic heterocycles. The van der Waals surface area contributed by atoms with Crippen molar-refractivity contribution >= 4 is 33.2 Å². The highest BCUT2D eigenvalue weighted by Crippen LogP contribution is 2.27. The molecule has 0 bridgehead atoms. The lowest BCUT2D eigenvalue weighted by Crippen LogP contribution is -2.40. The van der Waals surface area contributed by atoms with E-state index in [1.54, 1.807) is 18.2 Å². The van der Waals surface area contributed by atoms with Gasteiger partial charge in [0.05, 0.1) is 6.61 Å². The van der Waals surface area contributed by atoms with Gasteiger partial charge >= 0.3 is 0 Å². The smallest absolute Gasteiger partial charge is 0.238 e. The first kappa shape index (κ1) is 13.1. The van der Waals surface area contributed by atoms with Crippen LogP contribution in [0.1, 0.15) is 5.56 Å². The standard InChI is InChI=1S/C10H11Cl2NO3S/c11-9-2-1-3-10(12)8(9)6-13-4-5-16-7-17(13,14)15/h1-3H,4-7H2. The van der Waals surface area contributed by atoms with Crippen molar-refractivity contribution in [3.63, 3.8) is 0 Å². The summed E-state index contributed by atoms with van der Waals surface area (Å²) in [4.78, 5) is 0. The lowest BCUT2D eigenvalue weighted by atomic mass is 10.2. The van der Waals surface area contributed by atoms with Crippen LogP contribution in [0, 0.1) is 0 Å². The zero-order chi connectivity index (χ0) is 12.5. The molecule has 1 saturated heterocycles. The van der Waals surface area contributed by atoms with Crippen molar-refractivity contribution in [3.8, 4) is 0 Å². The van der Waals surface area contributed by atoms with Gasteiger partial charge in [-0.25, -0.2) is 8.42 Å². The number of halogens is 2. The normalized spacial score (nSPS) is 20.4. The molecule has 1 fully saturated rings. The van der Waals surface area contributed by atoms with Crippen molar-refractivity contribution in [1.29, 1.82) is 0 Å². The molecule has 0 saturated carbocycles. The molecular weight excluding hydrogens is 285 g/mol. The molecule has 17 heavy (non-hydrogen) atoms. The second-order valence-electron chi connectivity index (χ2n) is 3.67. The van der Waals surface area contributed by atoms with E-state index in [-0.39, 0.29) is 12.5 Å². The molecule has 4 nitrogen and oxygen atoms in total. The predicted molar refractivity (Wildman–Crippen MR) is 66.6 cm³/mol. The maximum atomic E-state index is 11.7. The van der Waals surface area contributed by atoms with Gasteiger partial charge in [-0.3, -0.25) is 0 Å². The topological polar surface area (TPSA) is 46.6 Å². The van der Waals surface area contributed by atoms with Crippen LogP contribution in [0.4, 0.5) is 0 Å². The van der Waals surface area contributed by atoms with Crippen LogP contribution in [0.2, 0.25) is 10.0 Å². The number of ether oxygens (including phenoxy) is 1. The molecular formula is C10H11Cl2NO3S. The molecule has 7 heteroatoms. The number of nitrogens with zero attached hydrogens (tertiary/aromatic N) is 1. The summed E-state index contributed by atoms with van der Waals surface area (Å²) in [6.45, 7) is 0.898. The molecule has 1 heterocycles. The van der Waals surface area contributed by atoms with Gasteiger partial charge in [0.1, 0.15) is 0 Å². The maximum absolute atomic E-state index is 11.7. The molecule has 94 valence electrons. The SMILES string of the molecule is O=S1(=O)COCCN1Cc1c(Cl)cccc1Cl. The van der Waals surface area contributed by atoms with Crippen molar-refractivity contribution < 1.29 is 13.2 Å². The predicted octanol–water partition coefficient (Wildman–Crippen LogP) is 2.11. The van der Waals surface area contributed by atoms with Crippen molar-refractivity contribution in [3.05, 3.63) is 33.8 Å². The van der Waals surface area contributed by atoms with Crippen LogP contribution in [0.5, 0.6) is 0 Å². The number of rotatable bonds is 2. The Morgan fingerprint density at radius 1 is 1.29 bits per heavy atom. The third-order valence-electron chi connectivity index (χ3n) is 2.51. The molecule has 1 aliphatic rings. The Balaban J connectivity index is 2.26. The van der Waals surface area contributed by atoms with Gasteiger partial charge in [-0.15, -0.1) is 0 Å². The summed E-state index contributed by atoms with van der Waals surface area (Å²) in [6, 6.07) is 5.10. The minimum Gasteiger partial charge on any atom is -0.363 e. The van der Waals surface area contributed by atoms with E-state index in [9.17, 15) is 8.42 Å². The fourth-order valence-corrected chi connectivity index (χ4v) is 3.25. The van der Waals surface area contributed by atoms with E-state index >= 15 is 0 Å². The first-order chi connectivity index (χ1) is 8.00. The van der Waals surface area contributed by atoms with Gasteiger partial charge in [-0.05, 0) is 12.1 Å². The van der Waals surface area contributed by atoms with Crippen LogP contribution in [-0.4, -0.2) is 31.8 Å². The third kappa shape index (κ3) is 2.92. The van der Waals surface area contributed by atoms with Crippen molar-refractivity contribution in [2.45, 2.75) is 6.54 Å². The van der Waals surface area contributed by atoms with Gasteiger partial charge in [0.15, 0.2) is 5.94 Å². The Morgan fingerprint density at radius 3 is 2.53 bits per heavy atom. The number of hydrogen-bond donors (Lipinski definition) is 0. The van der Waals surface area contributed by atoms with Crippen LogP contribution in [-0.2, 0) is 21.3 Å². The van der Waals surface area contributed by atoms with E-state index in [1.165, 1.54) is 4.31 Å². The highest BCUT2D eigenvalue weighted by atomic mass is 35.5. The lowest BCUT2D eigenvalue weighted by Gasteiger charge is -2.26. The Hall–Kier alpha value is -0.330. The second-order valence-corrected chi connectivity index (χ2v) is 6.40. The Morgan fingerprint density at radius 2 is 1.94 bits per heavy atom. The molecule has 0 radical (unpaired) electrons.